The fraction of sp³-hybridized carbons (Fsp3) is 0.0625. The van der Waals surface area contributed by atoms with Gasteiger partial charge in [-0.25, -0.2) is 4.98 Å². The molecular weight excluding hydrogens is 220 g/mol. The van der Waals surface area contributed by atoms with Gasteiger partial charge < -0.3 is 4.98 Å². The van der Waals surface area contributed by atoms with Gasteiger partial charge in [0, 0.05) is 28.9 Å². The number of pyridine rings is 1. The quantitative estimate of drug-likeness (QED) is 0.592. The van der Waals surface area contributed by atoms with Crippen LogP contribution in [0.15, 0.2) is 48.8 Å². The van der Waals surface area contributed by atoms with Gasteiger partial charge in [-0.3, -0.25) is 0 Å². The number of hydrogen-bond donors (Lipinski definition) is 1. The van der Waals surface area contributed by atoms with Crippen LogP contribution in [-0.4, -0.2) is 9.97 Å². The van der Waals surface area contributed by atoms with Crippen LogP contribution in [0.1, 0.15) is 16.7 Å². The summed E-state index contributed by atoms with van der Waals surface area (Å²) in [6, 6.07) is 12.2. The summed E-state index contributed by atoms with van der Waals surface area (Å²) in [6.45, 7) is 2.07. The Morgan fingerprint density at radius 2 is 1.83 bits per heavy atom. The van der Waals surface area contributed by atoms with E-state index in [-0.39, 0.29) is 0 Å². The number of aryl methyl sites for hydroxylation is 1. The second-order valence-electron chi connectivity index (χ2n) is 4.21. The Morgan fingerprint density at radius 3 is 2.67 bits per heavy atom. The third kappa shape index (κ3) is 1.99. The highest BCUT2D eigenvalue weighted by Gasteiger charge is 1.98. The van der Waals surface area contributed by atoms with Crippen molar-refractivity contribution >= 4 is 11.0 Å². The van der Waals surface area contributed by atoms with Gasteiger partial charge in [-0.05, 0) is 31.2 Å². The predicted molar refractivity (Wildman–Crippen MR) is 73.3 cm³/mol. The largest absolute Gasteiger partial charge is 0.346 e. The van der Waals surface area contributed by atoms with Crippen molar-refractivity contribution in [2.75, 3.05) is 0 Å². The Bertz CT molecular complexity index is 740. The van der Waals surface area contributed by atoms with Crippen molar-refractivity contribution in [2.24, 2.45) is 0 Å². The number of aromatic amines is 1. The summed E-state index contributed by atoms with van der Waals surface area (Å²) in [4.78, 5) is 7.33. The van der Waals surface area contributed by atoms with Crippen LogP contribution in [0.5, 0.6) is 0 Å². The molecule has 0 aliphatic carbocycles. The van der Waals surface area contributed by atoms with E-state index in [2.05, 4.69) is 40.9 Å². The molecule has 18 heavy (non-hydrogen) atoms. The number of aromatic nitrogens is 2. The first-order chi connectivity index (χ1) is 8.83. The van der Waals surface area contributed by atoms with Crippen molar-refractivity contribution in [3.05, 3.63) is 65.5 Å². The minimum absolute atomic E-state index is 0.880. The Labute approximate surface area is 106 Å². The van der Waals surface area contributed by atoms with Gasteiger partial charge in [0.25, 0.3) is 0 Å². The van der Waals surface area contributed by atoms with E-state index in [9.17, 15) is 0 Å². The summed E-state index contributed by atoms with van der Waals surface area (Å²) in [6.07, 6.45) is 3.66. The molecule has 0 radical (unpaired) electrons. The minimum Gasteiger partial charge on any atom is -0.346 e. The molecule has 0 amide bonds. The standard InChI is InChI=1S/C16H12N2/c1-12-2-4-13(5-3-12)6-7-14-8-10-17-16-15(14)9-11-18-16/h2-5,8-11H,1H3,(H,17,18). The van der Waals surface area contributed by atoms with Gasteiger partial charge in [-0.1, -0.05) is 29.5 Å². The van der Waals surface area contributed by atoms with Crippen molar-refractivity contribution in [3.8, 4) is 11.8 Å². The van der Waals surface area contributed by atoms with E-state index in [0.29, 0.717) is 0 Å². The van der Waals surface area contributed by atoms with Crippen molar-refractivity contribution in [1.82, 2.24) is 9.97 Å². The molecule has 2 heteroatoms. The van der Waals surface area contributed by atoms with Crippen molar-refractivity contribution in [1.29, 1.82) is 0 Å². The van der Waals surface area contributed by atoms with Gasteiger partial charge in [0.2, 0.25) is 0 Å². The number of rotatable bonds is 0. The number of nitrogens with zero attached hydrogens (tertiary/aromatic N) is 1. The summed E-state index contributed by atoms with van der Waals surface area (Å²) >= 11 is 0. The SMILES string of the molecule is Cc1ccc(C#Cc2ccnc3[nH]ccc23)cc1. The summed E-state index contributed by atoms with van der Waals surface area (Å²) in [5.41, 5.74) is 4.16. The van der Waals surface area contributed by atoms with E-state index in [4.69, 9.17) is 0 Å². The number of nitrogens with one attached hydrogen (secondary N) is 1. The summed E-state index contributed by atoms with van der Waals surface area (Å²) in [7, 11) is 0. The lowest BCUT2D eigenvalue weighted by Gasteiger charge is -1.94. The first-order valence-electron chi connectivity index (χ1n) is 5.84. The fourth-order valence-electron chi connectivity index (χ4n) is 1.85. The third-order valence-corrected chi connectivity index (χ3v) is 2.85. The van der Waals surface area contributed by atoms with Gasteiger partial charge in [0.15, 0.2) is 0 Å². The van der Waals surface area contributed by atoms with Crippen LogP contribution in [0.25, 0.3) is 11.0 Å². The number of benzene rings is 1. The van der Waals surface area contributed by atoms with Crippen LogP contribution in [0.4, 0.5) is 0 Å². The third-order valence-electron chi connectivity index (χ3n) is 2.85. The normalized spacial score (nSPS) is 10.1. The van der Waals surface area contributed by atoms with E-state index in [1.54, 1.807) is 6.20 Å². The maximum atomic E-state index is 4.25. The van der Waals surface area contributed by atoms with Gasteiger partial charge in [0.05, 0.1) is 0 Å². The van der Waals surface area contributed by atoms with E-state index < -0.39 is 0 Å². The molecule has 0 aliphatic heterocycles. The highest BCUT2D eigenvalue weighted by molar-refractivity contribution is 5.82. The fourth-order valence-corrected chi connectivity index (χ4v) is 1.85. The molecule has 2 aromatic heterocycles. The first-order valence-corrected chi connectivity index (χ1v) is 5.84. The zero-order valence-electron chi connectivity index (χ0n) is 10.1. The Balaban J connectivity index is 2.02. The molecule has 0 atom stereocenters. The molecule has 86 valence electrons. The Kier molecular flexibility index (Phi) is 2.59. The average molecular weight is 232 g/mol. The van der Waals surface area contributed by atoms with E-state index in [1.807, 2.05) is 30.5 Å². The molecule has 0 spiro atoms. The molecule has 0 bridgehead atoms. The van der Waals surface area contributed by atoms with Crippen LogP contribution in [0, 0.1) is 18.8 Å². The van der Waals surface area contributed by atoms with E-state index >= 15 is 0 Å². The van der Waals surface area contributed by atoms with Crippen molar-refractivity contribution in [3.63, 3.8) is 0 Å². The van der Waals surface area contributed by atoms with Crippen LogP contribution >= 0.6 is 0 Å². The lowest BCUT2D eigenvalue weighted by Crippen LogP contribution is -1.81. The number of H-pyrrole nitrogens is 1. The second-order valence-corrected chi connectivity index (χ2v) is 4.21. The molecule has 0 unspecified atom stereocenters. The zero-order chi connectivity index (χ0) is 12.4. The molecular formula is C16H12N2. The van der Waals surface area contributed by atoms with Gasteiger partial charge >= 0.3 is 0 Å². The minimum atomic E-state index is 0.880. The summed E-state index contributed by atoms with van der Waals surface area (Å²) in [5.74, 6) is 6.38. The van der Waals surface area contributed by atoms with Crippen LogP contribution < -0.4 is 0 Å². The monoisotopic (exact) mass is 232 g/mol. The van der Waals surface area contributed by atoms with Gasteiger partial charge in [0.1, 0.15) is 5.65 Å². The molecule has 0 saturated carbocycles. The molecule has 1 aromatic carbocycles. The topological polar surface area (TPSA) is 28.7 Å². The van der Waals surface area contributed by atoms with Crippen LogP contribution in [0.3, 0.4) is 0 Å². The highest BCUT2D eigenvalue weighted by atomic mass is 14.8. The van der Waals surface area contributed by atoms with Gasteiger partial charge in [-0.15, -0.1) is 0 Å². The lowest BCUT2D eigenvalue weighted by atomic mass is 10.1. The van der Waals surface area contributed by atoms with E-state index in [0.717, 1.165) is 22.2 Å². The first kappa shape index (κ1) is 10.6. The molecule has 2 nitrogen and oxygen atoms in total. The molecule has 3 rings (SSSR count). The van der Waals surface area contributed by atoms with Crippen LogP contribution in [-0.2, 0) is 0 Å². The van der Waals surface area contributed by atoms with E-state index in [1.165, 1.54) is 5.56 Å². The molecule has 3 aromatic rings. The highest BCUT2D eigenvalue weighted by Crippen LogP contribution is 2.13. The summed E-state index contributed by atoms with van der Waals surface area (Å²) in [5, 5.41) is 1.07. The maximum Gasteiger partial charge on any atom is 0.138 e. The average Bonchev–Trinajstić information content (AvgIpc) is 2.87. The van der Waals surface area contributed by atoms with Crippen LogP contribution in [0.2, 0.25) is 0 Å². The Morgan fingerprint density at radius 1 is 1.00 bits per heavy atom. The Hall–Kier alpha value is -2.53. The molecule has 1 N–H and O–H groups in total. The van der Waals surface area contributed by atoms with Crippen molar-refractivity contribution < 1.29 is 0 Å². The second kappa shape index (κ2) is 4.38. The van der Waals surface area contributed by atoms with Gasteiger partial charge in [-0.2, -0.15) is 0 Å². The zero-order valence-corrected chi connectivity index (χ0v) is 10.1. The maximum absolute atomic E-state index is 4.25. The summed E-state index contributed by atoms with van der Waals surface area (Å²) < 4.78 is 0. The molecule has 0 saturated heterocycles. The lowest BCUT2D eigenvalue weighted by molar-refractivity contribution is 1.32. The molecule has 0 aliphatic rings. The number of fused-ring (bicyclic) bond motifs is 1. The predicted octanol–water partition coefficient (Wildman–Crippen LogP) is 3.27. The smallest absolute Gasteiger partial charge is 0.138 e. The van der Waals surface area contributed by atoms with Crippen molar-refractivity contribution in [2.45, 2.75) is 6.92 Å². The molecule has 0 fully saturated rings. The number of hydrogen-bond acceptors (Lipinski definition) is 1. The molecule has 2 heterocycles.